The van der Waals surface area contributed by atoms with Gasteiger partial charge in [0.2, 0.25) is 0 Å². The van der Waals surface area contributed by atoms with Gasteiger partial charge in [-0.15, -0.1) is 0 Å². The van der Waals surface area contributed by atoms with Crippen LogP contribution >= 0.6 is 0 Å². The van der Waals surface area contributed by atoms with Crippen LogP contribution in [0.4, 0.5) is 14.5 Å². The molecule has 3 fully saturated rings. The van der Waals surface area contributed by atoms with Crippen molar-refractivity contribution in [3.63, 3.8) is 0 Å². The molecular formula is C19H22F2N4O. The predicted octanol–water partition coefficient (Wildman–Crippen LogP) is 1.92. The predicted molar refractivity (Wildman–Crippen MR) is 96.3 cm³/mol. The average molecular weight is 360 g/mol. The van der Waals surface area contributed by atoms with Gasteiger partial charge >= 0.3 is 0 Å². The van der Waals surface area contributed by atoms with Gasteiger partial charge in [0.15, 0.2) is 5.82 Å². The molecule has 2 heterocycles. The fourth-order valence-corrected chi connectivity index (χ4v) is 4.72. The molecule has 3 aliphatic rings. The van der Waals surface area contributed by atoms with E-state index >= 15 is 4.39 Å². The first kappa shape index (κ1) is 16.2. The molecule has 1 saturated heterocycles. The number of aryl methyl sites for hydroxylation is 1. The Morgan fingerprint density at radius 1 is 1.35 bits per heavy atom. The van der Waals surface area contributed by atoms with E-state index in [0.717, 1.165) is 25.8 Å². The first-order valence-electron chi connectivity index (χ1n) is 9.15. The second-order valence-corrected chi connectivity index (χ2v) is 8.15. The van der Waals surface area contributed by atoms with E-state index in [1.165, 1.54) is 10.6 Å². The largest absolute Gasteiger partial charge is 0.367 e. The topological polar surface area (TPSA) is 77.3 Å². The van der Waals surface area contributed by atoms with E-state index in [0.29, 0.717) is 34.6 Å². The zero-order valence-corrected chi connectivity index (χ0v) is 14.7. The Bertz CT molecular complexity index is 1010. The number of nitrogens with two attached hydrogens (primary N) is 2. The van der Waals surface area contributed by atoms with Crippen LogP contribution < -0.4 is 21.9 Å². The van der Waals surface area contributed by atoms with Crippen molar-refractivity contribution in [2.24, 2.45) is 17.4 Å². The molecule has 1 aromatic carbocycles. The highest BCUT2D eigenvalue weighted by Gasteiger charge is 2.57. The molecule has 0 amide bonds. The van der Waals surface area contributed by atoms with Crippen LogP contribution in [-0.2, 0) is 6.54 Å². The zero-order chi connectivity index (χ0) is 18.4. The van der Waals surface area contributed by atoms with Crippen LogP contribution in [0.15, 0.2) is 10.9 Å². The number of benzene rings is 1. The van der Waals surface area contributed by atoms with Crippen molar-refractivity contribution in [1.29, 1.82) is 0 Å². The van der Waals surface area contributed by atoms with E-state index in [9.17, 15) is 9.18 Å². The van der Waals surface area contributed by atoms with Gasteiger partial charge in [-0.2, -0.15) is 0 Å². The first-order chi connectivity index (χ1) is 12.4. The van der Waals surface area contributed by atoms with Crippen molar-refractivity contribution in [3.8, 4) is 0 Å². The smallest absolute Gasteiger partial charge is 0.287 e. The monoisotopic (exact) mass is 360 g/mol. The summed E-state index contributed by atoms with van der Waals surface area (Å²) in [6, 6.07) is 1.32. The SMILES string of the molecule is Cc1c(N2CC3CC3(N)C2)c(F)cc2c(CN)c(F)c(=O)n(C3CC3)c12. The molecule has 0 bridgehead atoms. The third-order valence-electron chi connectivity index (χ3n) is 6.34. The minimum absolute atomic E-state index is 0.0174. The van der Waals surface area contributed by atoms with E-state index < -0.39 is 17.2 Å². The molecular weight excluding hydrogens is 338 g/mol. The summed E-state index contributed by atoms with van der Waals surface area (Å²) in [5.41, 5.74) is 13.0. The minimum Gasteiger partial charge on any atom is -0.367 e. The summed E-state index contributed by atoms with van der Waals surface area (Å²) in [5.74, 6) is -0.868. The summed E-state index contributed by atoms with van der Waals surface area (Å²) in [6.45, 7) is 3.00. The van der Waals surface area contributed by atoms with Gasteiger partial charge < -0.3 is 20.9 Å². The van der Waals surface area contributed by atoms with Crippen molar-refractivity contribution < 1.29 is 8.78 Å². The second kappa shape index (κ2) is 5.04. The molecule has 7 heteroatoms. The van der Waals surface area contributed by atoms with Crippen molar-refractivity contribution in [1.82, 2.24) is 4.57 Å². The quantitative estimate of drug-likeness (QED) is 0.877. The fraction of sp³-hybridized carbons (Fsp3) is 0.526. The normalized spacial score (nSPS) is 27.3. The molecule has 2 aliphatic carbocycles. The first-order valence-corrected chi connectivity index (χ1v) is 9.15. The summed E-state index contributed by atoms with van der Waals surface area (Å²) in [7, 11) is 0. The molecule has 1 aliphatic heterocycles. The summed E-state index contributed by atoms with van der Waals surface area (Å²) < 4.78 is 31.2. The number of fused-ring (bicyclic) bond motifs is 2. The van der Waals surface area contributed by atoms with Crippen LogP contribution in [0.3, 0.4) is 0 Å². The number of hydrogen-bond acceptors (Lipinski definition) is 4. The second-order valence-electron chi connectivity index (χ2n) is 8.15. The van der Waals surface area contributed by atoms with Crippen LogP contribution in [0.1, 0.15) is 36.4 Å². The molecule has 2 aromatic rings. The highest BCUT2D eigenvalue weighted by molar-refractivity contribution is 5.90. The lowest BCUT2D eigenvalue weighted by atomic mass is 10.0. The Morgan fingerprint density at radius 3 is 2.65 bits per heavy atom. The van der Waals surface area contributed by atoms with E-state index in [4.69, 9.17) is 11.5 Å². The maximum atomic E-state index is 15.1. The Hall–Kier alpha value is -1.99. The molecule has 0 spiro atoms. The third-order valence-corrected chi connectivity index (χ3v) is 6.34. The van der Waals surface area contributed by atoms with Crippen molar-refractivity contribution in [2.75, 3.05) is 18.0 Å². The van der Waals surface area contributed by atoms with Gasteiger partial charge in [-0.05, 0) is 43.7 Å². The lowest BCUT2D eigenvalue weighted by molar-refractivity contribution is 0.566. The van der Waals surface area contributed by atoms with E-state index in [1.807, 2.05) is 11.8 Å². The maximum Gasteiger partial charge on any atom is 0.287 e. The molecule has 1 aromatic heterocycles. The summed E-state index contributed by atoms with van der Waals surface area (Å²) >= 11 is 0. The van der Waals surface area contributed by atoms with Gasteiger partial charge in [0.05, 0.1) is 11.2 Å². The van der Waals surface area contributed by atoms with Gasteiger partial charge in [0.1, 0.15) is 5.82 Å². The highest BCUT2D eigenvalue weighted by Crippen LogP contribution is 2.50. The fourth-order valence-electron chi connectivity index (χ4n) is 4.72. The average Bonchev–Trinajstić information content (AvgIpc) is 3.48. The van der Waals surface area contributed by atoms with Gasteiger partial charge in [-0.25, -0.2) is 8.78 Å². The van der Waals surface area contributed by atoms with E-state index in [1.54, 1.807) is 0 Å². The Balaban J connectivity index is 1.80. The molecule has 138 valence electrons. The summed E-state index contributed by atoms with van der Waals surface area (Å²) in [6.07, 6.45) is 2.65. The minimum atomic E-state index is -0.859. The van der Waals surface area contributed by atoms with Gasteiger partial charge in [0.25, 0.3) is 5.56 Å². The number of piperidine rings is 1. The zero-order valence-electron chi connectivity index (χ0n) is 14.7. The Morgan fingerprint density at radius 2 is 2.08 bits per heavy atom. The highest BCUT2D eigenvalue weighted by atomic mass is 19.1. The van der Waals surface area contributed by atoms with Crippen LogP contribution in [-0.4, -0.2) is 23.2 Å². The molecule has 0 radical (unpaired) electrons. The van der Waals surface area contributed by atoms with Crippen LogP contribution in [0.25, 0.3) is 10.9 Å². The molecule has 2 unspecified atom stereocenters. The number of pyridine rings is 1. The van der Waals surface area contributed by atoms with Crippen molar-refractivity contribution in [2.45, 2.75) is 44.3 Å². The number of halogens is 2. The number of rotatable bonds is 3. The molecule has 4 N–H and O–H groups in total. The Kier molecular flexibility index (Phi) is 3.14. The van der Waals surface area contributed by atoms with Crippen LogP contribution in [0, 0.1) is 24.5 Å². The third kappa shape index (κ3) is 2.04. The lowest BCUT2D eigenvalue weighted by Crippen LogP contribution is -2.34. The van der Waals surface area contributed by atoms with Crippen LogP contribution in [0.5, 0.6) is 0 Å². The van der Waals surface area contributed by atoms with Crippen molar-refractivity contribution >= 4 is 16.6 Å². The van der Waals surface area contributed by atoms with E-state index in [2.05, 4.69) is 0 Å². The maximum absolute atomic E-state index is 15.1. The van der Waals surface area contributed by atoms with Crippen LogP contribution in [0.2, 0.25) is 0 Å². The van der Waals surface area contributed by atoms with E-state index in [-0.39, 0.29) is 23.7 Å². The number of nitrogens with zero attached hydrogens (tertiary/aromatic N) is 2. The van der Waals surface area contributed by atoms with Crippen molar-refractivity contribution in [3.05, 3.63) is 39.2 Å². The van der Waals surface area contributed by atoms with Gasteiger partial charge in [-0.1, -0.05) is 0 Å². The van der Waals surface area contributed by atoms with Gasteiger partial charge in [0, 0.05) is 42.2 Å². The molecule has 2 saturated carbocycles. The number of anilines is 1. The number of aromatic nitrogens is 1. The molecule has 2 atom stereocenters. The lowest BCUT2D eigenvalue weighted by Gasteiger charge is -2.26. The number of hydrogen-bond donors (Lipinski definition) is 2. The Labute approximate surface area is 149 Å². The van der Waals surface area contributed by atoms with Gasteiger partial charge in [-0.3, -0.25) is 4.79 Å². The molecule has 5 rings (SSSR count). The molecule has 5 nitrogen and oxygen atoms in total. The summed E-state index contributed by atoms with van der Waals surface area (Å²) in [4.78, 5) is 14.6. The molecule has 26 heavy (non-hydrogen) atoms. The summed E-state index contributed by atoms with van der Waals surface area (Å²) in [5, 5.41) is 0.405. The standard InChI is InChI=1S/C19H22F2N4O/c1-9-16-12(13(6-22)15(21)18(26)25(16)11-2-3-11)4-14(20)17(9)24-7-10-5-19(10,23)8-24/h4,10-11H,2-3,5-8,22-23H2,1H3.